The third-order valence-electron chi connectivity index (χ3n) is 3.53. The number of carbonyl (C=O) groups excluding carboxylic acids is 1. The van der Waals surface area contributed by atoms with Crippen molar-refractivity contribution in [3.63, 3.8) is 0 Å². The minimum absolute atomic E-state index is 0.0474. The number of aliphatic hydroxyl groups excluding tert-OH is 1. The molecular weight excluding hydrogens is 254 g/mol. The summed E-state index contributed by atoms with van der Waals surface area (Å²) >= 11 is 0. The Morgan fingerprint density at radius 2 is 2.20 bits per heavy atom. The maximum absolute atomic E-state index is 11.8. The molecule has 110 valence electrons. The van der Waals surface area contributed by atoms with Gasteiger partial charge in [0.2, 0.25) is 0 Å². The van der Waals surface area contributed by atoms with E-state index in [1.807, 2.05) is 18.2 Å². The number of piperidine rings is 1. The number of nitrogens with zero attached hydrogens (tertiary/aromatic N) is 1. The zero-order valence-corrected chi connectivity index (χ0v) is 11.9. The minimum Gasteiger partial charge on any atom is -0.394 e. The summed E-state index contributed by atoms with van der Waals surface area (Å²) in [5.41, 5.74) is 1.20. The number of carbonyl (C=O) groups is 1. The van der Waals surface area contributed by atoms with Crippen LogP contribution in [-0.2, 0) is 0 Å². The van der Waals surface area contributed by atoms with Crippen molar-refractivity contribution in [2.24, 2.45) is 0 Å². The Morgan fingerprint density at radius 3 is 2.90 bits per heavy atom. The molecular formula is C15H23N3O2. The van der Waals surface area contributed by atoms with E-state index in [0.29, 0.717) is 0 Å². The third kappa shape index (κ3) is 4.13. The molecule has 2 amide bonds. The molecule has 2 unspecified atom stereocenters. The molecule has 1 aromatic carbocycles. The SMILES string of the molecule is CC(CO)NC(=O)NC1CCCN(c2ccccc2)C1. The van der Waals surface area contributed by atoms with Crippen molar-refractivity contribution in [1.29, 1.82) is 0 Å². The number of para-hydroxylation sites is 1. The molecule has 20 heavy (non-hydrogen) atoms. The lowest BCUT2D eigenvalue weighted by Gasteiger charge is -2.35. The Kier molecular flexibility index (Phi) is 5.24. The molecule has 1 heterocycles. The van der Waals surface area contributed by atoms with Crippen LogP contribution in [0.25, 0.3) is 0 Å². The van der Waals surface area contributed by atoms with Gasteiger partial charge in [0.05, 0.1) is 12.6 Å². The maximum atomic E-state index is 11.8. The van der Waals surface area contributed by atoms with Crippen molar-refractivity contribution < 1.29 is 9.90 Å². The lowest BCUT2D eigenvalue weighted by molar-refractivity contribution is 0.216. The van der Waals surface area contributed by atoms with E-state index in [4.69, 9.17) is 5.11 Å². The average molecular weight is 277 g/mol. The summed E-state index contributed by atoms with van der Waals surface area (Å²) < 4.78 is 0. The highest BCUT2D eigenvalue weighted by Gasteiger charge is 2.21. The third-order valence-corrected chi connectivity index (χ3v) is 3.53. The minimum atomic E-state index is -0.219. The van der Waals surface area contributed by atoms with Crippen molar-refractivity contribution in [3.05, 3.63) is 30.3 Å². The molecule has 1 aliphatic rings. The number of hydrogen-bond donors (Lipinski definition) is 3. The smallest absolute Gasteiger partial charge is 0.315 e. The van der Waals surface area contributed by atoms with Gasteiger partial charge in [-0.25, -0.2) is 4.79 Å². The number of benzene rings is 1. The number of hydrogen-bond acceptors (Lipinski definition) is 3. The summed E-state index contributed by atoms with van der Waals surface area (Å²) in [5, 5.41) is 14.6. The van der Waals surface area contributed by atoms with Crippen LogP contribution >= 0.6 is 0 Å². The van der Waals surface area contributed by atoms with Gasteiger partial charge in [-0.05, 0) is 31.9 Å². The fourth-order valence-corrected chi connectivity index (χ4v) is 2.46. The van der Waals surface area contributed by atoms with Gasteiger partial charge in [-0.2, -0.15) is 0 Å². The molecule has 0 spiro atoms. The summed E-state index contributed by atoms with van der Waals surface area (Å²) in [7, 11) is 0. The highest BCUT2D eigenvalue weighted by Crippen LogP contribution is 2.19. The van der Waals surface area contributed by atoms with Gasteiger partial charge in [-0.1, -0.05) is 18.2 Å². The number of rotatable bonds is 4. The number of amides is 2. The van der Waals surface area contributed by atoms with E-state index in [0.717, 1.165) is 25.9 Å². The van der Waals surface area contributed by atoms with Crippen LogP contribution in [0, 0.1) is 0 Å². The number of urea groups is 1. The van der Waals surface area contributed by atoms with E-state index < -0.39 is 0 Å². The van der Waals surface area contributed by atoms with Crippen LogP contribution in [0.5, 0.6) is 0 Å². The molecule has 1 fully saturated rings. The van der Waals surface area contributed by atoms with E-state index in [-0.39, 0.29) is 24.7 Å². The van der Waals surface area contributed by atoms with Crippen molar-refractivity contribution >= 4 is 11.7 Å². The van der Waals surface area contributed by atoms with Gasteiger partial charge in [-0.3, -0.25) is 0 Å². The molecule has 0 saturated carbocycles. The molecule has 0 aromatic heterocycles. The molecule has 5 nitrogen and oxygen atoms in total. The number of nitrogens with one attached hydrogen (secondary N) is 2. The van der Waals surface area contributed by atoms with Crippen LogP contribution in [0.15, 0.2) is 30.3 Å². The van der Waals surface area contributed by atoms with Crippen LogP contribution in [0.1, 0.15) is 19.8 Å². The van der Waals surface area contributed by atoms with Gasteiger partial charge in [0.15, 0.2) is 0 Å². The average Bonchev–Trinajstić information content (AvgIpc) is 2.48. The Labute approximate surface area is 120 Å². The van der Waals surface area contributed by atoms with E-state index in [1.54, 1.807) is 6.92 Å². The Morgan fingerprint density at radius 1 is 1.45 bits per heavy atom. The largest absolute Gasteiger partial charge is 0.394 e. The van der Waals surface area contributed by atoms with Gasteiger partial charge in [0, 0.05) is 24.8 Å². The molecule has 2 rings (SSSR count). The summed E-state index contributed by atoms with van der Waals surface area (Å²) in [4.78, 5) is 14.1. The highest BCUT2D eigenvalue weighted by atomic mass is 16.3. The van der Waals surface area contributed by atoms with E-state index in [2.05, 4.69) is 27.7 Å². The molecule has 1 aromatic rings. The first-order chi connectivity index (χ1) is 9.69. The maximum Gasteiger partial charge on any atom is 0.315 e. The first kappa shape index (κ1) is 14.7. The molecule has 0 bridgehead atoms. The van der Waals surface area contributed by atoms with Crippen LogP contribution in [0.4, 0.5) is 10.5 Å². The van der Waals surface area contributed by atoms with Crippen LogP contribution < -0.4 is 15.5 Å². The Hall–Kier alpha value is -1.75. The first-order valence-corrected chi connectivity index (χ1v) is 7.17. The van der Waals surface area contributed by atoms with Gasteiger partial charge in [0.25, 0.3) is 0 Å². The molecule has 2 atom stereocenters. The van der Waals surface area contributed by atoms with Crippen molar-refractivity contribution in [2.45, 2.75) is 31.8 Å². The normalized spacial score (nSPS) is 20.3. The number of aliphatic hydroxyl groups is 1. The molecule has 1 aliphatic heterocycles. The second-order valence-electron chi connectivity index (χ2n) is 5.32. The summed E-state index contributed by atoms with van der Waals surface area (Å²) in [6.45, 7) is 3.58. The summed E-state index contributed by atoms with van der Waals surface area (Å²) in [6.07, 6.45) is 2.06. The summed E-state index contributed by atoms with van der Waals surface area (Å²) in [5.74, 6) is 0. The number of anilines is 1. The second-order valence-corrected chi connectivity index (χ2v) is 5.32. The quantitative estimate of drug-likeness (QED) is 0.778. The molecule has 1 saturated heterocycles. The van der Waals surface area contributed by atoms with Gasteiger partial charge < -0.3 is 20.6 Å². The fourth-order valence-electron chi connectivity index (χ4n) is 2.46. The molecule has 3 N–H and O–H groups in total. The van der Waals surface area contributed by atoms with Crippen molar-refractivity contribution in [2.75, 3.05) is 24.6 Å². The Bertz CT molecular complexity index is 424. The van der Waals surface area contributed by atoms with Gasteiger partial charge in [0.1, 0.15) is 0 Å². The van der Waals surface area contributed by atoms with E-state index >= 15 is 0 Å². The molecule has 0 radical (unpaired) electrons. The lowest BCUT2D eigenvalue weighted by Crippen LogP contribution is -2.52. The Balaban J connectivity index is 1.86. The van der Waals surface area contributed by atoms with Crippen LogP contribution in [0.2, 0.25) is 0 Å². The fraction of sp³-hybridized carbons (Fsp3) is 0.533. The highest BCUT2D eigenvalue weighted by molar-refractivity contribution is 5.74. The molecule has 5 heteroatoms. The van der Waals surface area contributed by atoms with Gasteiger partial charge in [-0.15, -0.1) is 0 Å². The first-order valence-electron chi connectivity index (χ1n) is 7.17. The zero-order valence-electron chi connectivity index (χ0n) is 11.9. The lowest BCUT2D eigenvalue weighted by atomic mass is 10.1. The predicted octanol–water partition coefficient (Wildman–Crippen LogP) is 1.34. The predicted molar refractivity (Wildman–Crippen MR) is 79.9 cm³/mol. The zero-order chi connectivity index (χ0) is 14.4. The monoisotopic (exact) mass is 277 g/mol. The second kappa shape index (κ2) is 7.14. The van der Waals surface area contributed by atoms with E-state index in [1.165, 1.54) is 5.69 Å². The van der Waals surface area contributed by atoms with Crippen molar-refractivity contribution in [3.8, 4) is 0 Å². The van der Waals surface area contributed by atoms with E-state index in [9.17, 15) is 4.79 Å². The molecule has 0 aliphatic carbocycles. The van der Waals surface area contributed by atoms with Crippen LogP contribution in [-0.4, -0.2) is 42.9 Å². The summed E-state index contributed by atoms with van der Waals surface area (Å²) in [6, 6.07) is 9.98. The van der Waals surface area contributed by atoms with Crippen LogP contribution in [0.3, 0.4) is 0 Å². The standard InChI is InChI=1S/C15H23N3O2/c1-12(11-19)16-15(20)17-13-6-5-9-18(10-13)14-7-3-2-4-8-14/h2-4,7-8,12-13,19H,5-6,9-11H2,1H3,(H2,16,17,20). The van der Waals surface area contributed by atoms with Gasteiger partial charge >= 0.3 is 6.03 Å². The topological polar surface area (TPSA) is 64.6 Å². The van der Waals surface area contributed by atoms with Crippen molar-refractivity contribution in [1.82, 2.24) is 10.6 Å².